The summed E-state index contributed by atoms with van der Waals surface area (Å²) in [5.41, 5.74) is 6.98. The minimum absolute atomic E-state index is 0.0399. The van der Waals surface area contributed by atoms with E-state index >= 15 is 0 Å². The third-order valence-electron chi connectivity index (χ3n) is 2.15. The number of carbonyl (C=O) groups is 1. The fourth-order valence-electron chi connectivity index (χ4n) is 1.40. The van der Waals surface area contributed by atoms with E-state index in [1.165, 1.54) is 4.90 Å². The van der Waals surface area contributed by atoms with Gasteiger partial charge in [-0.15, -0.1) is 0 Å². The van der Waals surface area contributed by atoms with Gasteiger partial charge in [-0.25, -0.2) is 0 Å². The van der Waals surface area contributed by atoms with Crippen LogP contribution < -0.4 is 10.6 Å². The number of nitrogen functional groups attached to an aromatic ring is 1. The van der Waals surface area contributed by atoms with E-state index in [1.54, 1.807) is 19.1 Å². The molecule has 0 unspecified atom stereocenters. The fraction of sp³-hybridized carbons (Fsp3) is 0.364. The van der Waals surface area contributed by atoms with Crippen LogP contribution in [0.1, 0.15) is 13.3 Å². The lowest BCUT2D eigenvalue weighted by molar-refractivity contribution is -0.118. The lowest BCUT2D eigenvalue weighted by Gasteiger charge is -2.22. The summed E-state index contributed by atoms with van der Waals surface area (Å²) >= 11 is 0. The van der Waals surface area contributed by atoms with Crippen LogP contribution in [0.5, 0.6) is 0 Å². The normalized spacial score (nSPS) is 10.0. The molecule has 1 aromatic rings. The van der Waals surface area contributed by atoms with Gasteiger partial charge in [0.05, 0.1) is 18.0 Å². The number of hydrogen-bond acceptors (Lipinski definition) is 3. The maximum Gasteiger partial charge on any atom is 0.226 e. The van der Waals surface area contributed by atoms with Crippen molar-refractivity contribution in [1.29, 1.82) is 0 Å². The van der Waals surface area contributed by atoms with Gasteiger partial charge in [0.25, 0.3) is 0 Å². The topological polar surface area (TPSA) is 66.6 Å². The molecule has 0 aliphatic rings. The summed E-state index contributed by atoms with van der Waals surface area (Å²) in [5.74, 6) is -0.0399. The maximum absolute atomic E-state index is 11.6. The molecule has 0 heterocycles. The summed E-state index contributed by atoms with van der Waals surface area (Å²) in [7, 11) is 0. The molecule has 0 saturated carbocycles. The Morgan fingerprint density at radius 2 is 2.13 bits per heavy atom. The number of benzene rings is 1. The Morgan fingerprint density at radius 3 is 2.67 bits per heavy atom. The van der Waals surface area contributed by atoms with Crippen molar-refractivity contribution >= 4 is 17.3 Å². The lowest BCUT2D eigenvalue weighted by Crippen LogP contribution is -2.33. The van der Waals surface area contributed by atoms with Crippen molar-refractivity contribution in [2.24, 2.45) is 0 Å². The molecule has 0 saturated heterocycles. The summed E-state index contributed by atoms with van der Waals surface area (Å²) in [6.45, 7) is 1.99. The van der Waals surface area contributed by atoms with Crippen LogP contribution in [0.3, 0.4) is 0 Å². The Bertz CT molecular complexity index is 339. The van der Waals surface area contributed by atoms with E-state index in [-0.39, 0.29) is 19.1 Å². The number of hydrogen-bond donors (Lipinski definition) is 2. The van der Waals surface area contributed by atoms with Gasteiger partial charge >= 0.3 is 0 Å². The Hall–Kier alpha value is -1.55. The molecule has 0 radical (unpaired) electrons. The van der Waals surface area contributed by atoms with Gasteiger partial charge < -0.3 is 15.7 Å². The van der Waals surface area contributed by atoms with Crippen LogP contribution in [0.4, 0.5) is 11.4 Å². The summed E-state index contributed by atoms with van der Waals surface area (Å²) in [5, 5.41) is 8.90. The van der Waals surface area contributed by atoms with Crippen molar-refractivity contribution < 1.29 is 9.90 Å². The molecule has 0 aliphatic heterocycles. The fourth-order valence-corrected chi connectivity index (χ4v) is 1.40. The van der Waals surface area contributed by atoms with Crippen LogP contribution in [0.25, 0.3) is 0 Å². The number of carbonyl (C=O) groups excluding carboxylic acids is 1. The maximum atomic E-state index is 11.6. The predicted molar refractivity (Wildman–Crippen MR) is 60.6 cm³/mol. The lowest BCUT2D eigenvalue weighted by atomic mass is 10.2. The first-order valence-electron chi connectivity index (χ1n) is 4.96. The molecule has 0 aliphatic carbocycles. The van der Waals surface area contributed by atoms with Crippen molar-refractivity contribution in [3.8, 4) is 0 Å². The molecule has 0 atom stereocenters. The van der Waals surface area contributed by atoms with E-state index in [0.717, 1.165) is 0 Å². The van der Waals surface area contributed by atoms with Crippen LogP contribution in [0.15, 0.2) is 24.3 Å². The zero-order valence-electron chi connectivity index (χ0n) is 8.81. The van der Waals surface area contributed by atoms with Crippen LogP contribution in [0, 0.1) is 0 Å². The molecule has 0 fully saturated rings. The largest absolute Gasteiger partial charge is 0.397 e. The zero-order chi connectivity index (χ0) is 11.3. The van der Waals surface area contributed by atoms with Gasteiger partial charge in [-0.3, -0.25) is 4.79 Å². The third kappa shape index (κ3) is 2.70. The van der Waals surface area contributed by atoms with Gasteiger partial charge in [-0.1, -0.05) is 19.1 Å². The standard InChI is InChI=1S/C11H16N2O2/c1-2-11(15)13(7-8-14)10-6-4-3-5-9(10)12/h3-6,14H,2,7-8,12H2,1H3. The number of nitrogens with two attached hydrogens (primary N) is 1. The smallest absolute Gasteiger partial charge is 0.226 e. The highest BCUT2D eigenvalue weighted by Gasteiger charge is 2.14. The first kappa shape index (κ1) is 11.5. The molecule has 3 N–H and O–H groups in total. The van der Waals surface area contributed by atoms with Crippen molar-refractivity contribution in [3.05, 3.63) is 24.3 Å². The minimum Gasteiger partial charge on any atom is -0.397 e. The molecular weight excluding hydrogens is 192 g/mol. The van der Waals surface area contributed by atoms with Crippen LogP contribution in [-0.4, -0.2) is 24.2 Å². The average molecular weight is 208 g/mol. The van der Waals surface area contributed by atoms with Crippen LogP contribution >= 0.6 is 0 Å². The van der Waals surface area contributed by atoms with Crippen LogP contribution in [-0.2, 0) is 4.79 Å². The second-order valence-electron chi connectivity index (χ2n) is 3.18. The summed E-state index contributed by atoms with van der Waals surface area (Å²) in [4.78, 5) is 13.1. The second kappa shape index (κ2) is 5.36. The van der Waals surface area contributed by atoms with E-state index in [9.17, 15) is 4.79 Å². The van der Waals surface area contributed by atoms with E-state index in [4.69, 9.17) is 10.8 Å². The number of amides is 1. The van der Waals surface area contributed by atoms with Gasteiger partial charge in [-0.05, 0) is 12.1 Å². The molecule has 4 nitrogen and oxygen atoms in total. The van der Waals surface area contributed by atoms with Gasteiger partial charge in [0.15, 0.2) is 0 Å². The van der Waals surface area contributed by atoms with Crippen molar-refractivity contribution in [2.75, 3.05) is 23.8 Å². The third-order valence-corrected chi connectivity index (χ3v) is 2.15. The molecule has 1 aromatic carbocycles. The number of aliphatic hydroxyl groups excluding tert-OH is 1. The summed E-state index contributed by atoms with van der Waals surface area (Å²) in [6, 6.07) is 7.15. The van der Waals surface area contributed by atoms with Gasteiger partial charge in [0.1, 0.15) is 0 Å². The van der Waals surface area contributed by atoms with Gasteiger partial charge in [-0.2, -0.15) is 0 Å². The molecule has 4 heteroatoms. The molecule has 0 bridgehead atoms. The van der Waals surface area contributed by atoms with E-state index in [0.29, 0.717) is 17.8 Å². The number of aliphatic hydroxyl groups is 1. The molecular formula is C11H16N2O2. The molecule has 0 aromatic heterocycles. The Kier molecular flexibility index (Phi) is 4.12. The van der Waals surface area contributed by atoms with Gasteiger partial charge in [0, 0.05) is 13.0 Å². The van der Waals surface area contributed by atoms with Crippen molar-refractivity contribution in [2.45, 2.75) is 13.3 Å². The Balaban J connectivity index is 2.98. The molecule has 82 valence electrons. The first-order valence-corrected chi connectivity index (χ1v) is 4.96. The highest BCUT2D eigenvalue weighted by Crippen LogP contribution is 2.22. The molecule has 1 rings (SSSR count). The number of nitrogens with zero attached hydrogens (tertiary/aromatic N) is 1. The Morgan fingerprint density at radius 1 is 1.47 bits per heavy atom. The zero-order valence-corrected chi connectivity index (χ0v) is 8.81. The van der Waals surface area contributed by atoms with Crippen molar-refractivity contribution in [1.82, 2.24) is 0 Å². The first-order chi connectivity index (χ1) is 7.20. The SMILES string of the molecule is CCC(=O)N(CCO)c1ccccc1N. The van der Waals surface area contributed by atoms with E-state index in [1.807, 2.05) is 12.1 Å². The van der Waals surface area contributed by atoms with Crippen molar-refractivity contribution in [3.63, 3.8) is 0 Å². The minimum atomic E-state index is -0.0694. The second-order valence-corrected chi connectivity index (χ2v) is 3.18. The number of anilines is 2. The quantitative estimate of drug-likeness (QED) is 0.725. The van der Waals surface area contributed by atoms with Gasteiger partial charge in [0.2, 0.25) is 5.91 Å². The average Bonchev–Trinajstić information content (AvgIpc) is 2.26. The number of rotatable bonds is 4. The predicted octanol–water partition coefficient (Wildman–Crippen LogP) is 1.00. The summed E-state index contributed by atoms with van der Waals surface area (Å²) in [6.07, 6.45) is 0.397. The summed E-state index contributed by atoms with van der Waals surface area (Å²) < 4.78 is 0. The number of para-hydroxylation sites is 2. The molecule has 15 heavy (non-hydrogen) atoms. The van der Waals surface area contributed by atoms with E-state index in [2.05, 4.69) is 0 Å². The monoisotopic (exact) mass is 208 g/mol. The van der Waals surface area contributed by atoms with Crippen LogP contribution in [0.2, 0.25) is 0 Å². The highest BCUT2D eigenvalue weighted by atomic mass is 16.3. The Labute approximate surface area is 89.3 Å². The molecule has 1 amide bonds. The van der Waals surface area contributed by atoms with E-state index < -0.39 is 0 Å². The highest BCUT2D eigenvalue weighted by molar-refractivity contribution is 5.96. The molecule has 0 spiro atoms.